The van der Waals surface area contributed by atoms with Crippen LogP contribution in [0.1, 0.15) is 10.4 Å². The van der Waals surface area contributed by atoms with Crippen LogP contribution in [-0.2, 0) is 10.0 Å². The Hall–Kier alpha value is -1.65. The fraction of sp³-hybridized carbons (Fsp3) is 0.235. The van der Waals surface area contributed by atoms with Gasteiger partial charge in [0.1, 0.15) is 0 Å². The molecule has 0 atom stereocenters. The lowest BCUT2D eigenvalue weighted by molar-refractivity contribution is 0.102. The predicted octanol–water partition coefficient (Wildman–Crippen LogP) is 2.86. The Morgan fingerprint density at radius 2 is 1.60 bits per heavy atom. The van der Waals surface area contributed by atoms with E-state index in [1.54, 1.807) is 18.2 Å². The third-order valence-corrected chi connectivity index (χ3v) is 6.11. The summed E-state index contributed by atoms with van der Waals surface area (Å²) in [5, 5.41) is 2.81. The van der Waals surface area contributed by atoms with Crippen molar-refractivity contribution in [2.24, 2.45) is 0 Å². The van der Waals surface area contributed by atoms with Crippen LogP contribution in [0.25, 0.3) is 0 Å². The first-order valence-corrected chi connectivity index (χ1v) is 9.95. The molecule has 8 heteroatoms. The third kappa shape index (κ3) is 4.50. The molecular formula is C17H20IN3O3S. The van der Waals surface area contributed by atoms with E-state index in [0.29, 0.717) is 11.3 Å². The minimum absolute atomic E-state index is 0.126. The van der Waals surface area contributed by atoms with Gasteiger partial charge in [0.15, 0.2) is 0 Å². The molecule has 0 bridgehead atoms. The number of rotatable bonds is 5. The maximum absolute atomic E-state index is 12.5. The van der Waals surface area contributed by atoms with E-state index in [-0.39, 0.29) is 10.8 Å². The summed E-state index contributed by atoms with van der Waals surface area (Å²) in [5.74, 6) is -0.293. The highest BCUT2D eigenvalue weighted by molar-refractivity contribution is 14.1. The molecule has 134 valence electrons. The third-order valence-electron chi connectivity index (χ3n) is 3.58. The first-order chi connectivity index (χ1) is 11.6. The number of nitrogens with zero attached hydrogens (tertiary/aromatic N) is 2. The van der Waals surface area contributed by atoms with E-state index in [1.807, 2.05) is 31.1 Å². The molecule has 0 fully saturated rings. The number of carbonyl (C=O) groups is 1. The molecule has 0 spiro atoms. The highest BCUT2D eigenvalue weighted by Gasteiger charge is 2.20. The van der Waals surface area contributed by atoms with Gasteiger partial charge in [0, 0.05) is 37.3 Å². The molecule has 0 heterocycles. The number of anilines is 2. The number of hydrogen-bond donors (Lipinski definition) is 1. The summed E-state index contributed by atoms with van der Waals surface area (Å²) in [7, 11) is 3.02. The smallest absolute Gasteiger partial charge is 0.255 e. The fourth-order valence-corrected chi connectivity index (χ4v) is 3.46. The van der Waals surface area contributed by atoms with E-state index in [0.717, 1.165) is 13.6 Å². The quantitative estimate of drug-likeness (QED) is 0.679. The Balaban J connectivity index is 2.43. The van der Waals surface area contributed by atoms with Crippen molar-refractivity contribution >= 4 is 49.9 Å². The van der Waals surface area contributed by atoms with Crippen molar-refractivity contribution in [3.8, 4) is 0 Å². The van der Waals surface area contributed by atoms with E-state index in [1.165, 1.54) is 26.2 Å². The molecule has 2 aromatic carbocycles. The summed E-state index contributed by atoms with van der Waals surface area (Å²) in [6, 6.07) is 11.8. The normalized spacial score (nSPS) is 11.4. The van der Waals surface area contributed by atoms with Gasteiger partial charge in [-0.05, 0) is 65.1 Å². The van der Waals surface area contributed by atoms with E-state index < -0.39 is 10.0 Å². The van der Waals surface area contributed by atoms with Gasteiger partial charge in [-0.25, -0.2) is 12.7 Å². The molecule has 2 rings (SSSR count). The van der Waals surface area contributed by atoms with Gasteiger partial charge in [-0.1, -0.05) is 0 Å². The minimum Gasteiger partial charge on any atom is -0.376 e. The molecular weight excluding hydrogens is 453 g/mol. The van der Waals surface area contributed by atoms with Gasteiger partial charge >= 0.3 is 0 Å². The van der Waals surface area contributed by atoms with Crippen molar-refractivity contribution in [2.45, 2.75) is 4.90 Å². The first-order valence-electron chi connectivity index (χ1n) is 7.44. The van der Waals surface area contributed by atoms with Gasteiger partial charge in [0.25, 0.3) is 5.91 Å². The van der Waals surface area contributed by atoms with Crippen LogP contribution in [0.2, 0.25) is 0 Å². The van der Waals surface area contributed by atoms with Crippen LogP contribution in [0.15, 0.2) is 47.4 Å². The topological polar surface area (TPSA) is 69.7 Å². The van der Waals surface area contributed by atoms with Crippen molar-refractivity contribution in [3.63, 3.8) is 0 Å². The predicted molar refractivity (Wildman–Crippen MR) is 109 cm³/mol. The molecule has 0 aliphatic carbocycles. The highest BCUT2D eigenvalue weighted by Crippen LogP contribution is 2.29. The molecule has 0 aromatic heterocycles. The Morgan fingerprint density at radius 3 is 2.12 bits per heavy atom. The van der Waals surface area contributed by atoms with Gasteiger partial charge < -0.3 is 10.2 Å². The molecule has 0 saturated heterocycles. The molecule has 25 heavy (non-hydrogen) atoms. The van der Waals surface area contributed by atoms with Crippen LogP contribution in [0.3, 0.4) is 0 Å². The molecule has 0 unspecified atom stereocenters. The standard InChI is InChI=1S/C17H20IN3O3S/c1-20(2)16-10-9-14(25(23,24)21(3)4)11-15(16)19-17(22)12-5-7-13(18)8-6-12/h5-11H,1-4H3,(H,19,22). The molecule has 0 aliphatic heterocycles. The van der Waals surface area contributed by atoms with E-state index in [4.69, 9.17) is 0 Å². The van der Waals surface area contributed by atoms with Crippen LogP contribution in [-0.4, -0.2) is 46.8 Å². The molecule has 0 aliphatic rings. The van der Waals surface area contributed by atoms with Crippen LogP contribution in [0.5, 0.6) is 0 Å². The Kier molecular flexibility index (Phi) is 6.07. The second kappa shape index (κ2) is 7.71. The number of amides is 1. The van der Waals surface area contributed by atoms with E-state index in [9.17, 15) is 13.2 Å². The summed E-state index contributed by atoms with van der Waals surface area (Å²) >= 11 is 2.17. The monoisotopic (exact) mass is 473 g/mol. The zero-order valence-electron chi connectivity index (χ0n) is 14.4. The van der Waals surface area contributed by atoms with Gasteiger partial charge in [-0.2, -0.15) is 0 Å². The van der Waals surface area contributed by atoms with Crippen LogP contribution < -0.4 is 10.2 Å². The van der Waals surface area contributed by atoms with Crippen LogP contribution in [0.4, 0.5) is 11.4 Å². The van der Waals surface area contributed by atoms with Crippen molar-refractivity contribution in [2.75, 3.05) is 38.4 Å². The lowest BCUT2D eigenvalue weighted by atomic mass is 10.2. The van der Waals surface area contributed by atoms with Crippen molar-refractivity contribution in [1.29, 1.82) is 0 Å². The molecule has 1 N–H and O–H groups in total. The highest BCUT2D eigenvalue weighted by atomic mass is 127. The van der Waals surface area contributed by atoms with Crippen molar-refractivity contribution < 1.29 is 13.2 Å². The SMILES string of the molecule is CN(C)c1ccc(S(=O)(=O)N(C)C)cc1NC(=O)c1ccc(I)cc1. The summed E-state index contributed by atoms with van der Waals surface area (Å²) in [4.78, 5) is 14.4. The molecule has 2 aromatic rings. The molecule has 0 radical (unpaired) electrons. The summed E-state index contributed by atoms with van der Waals surface area (Å²) in [6.07, 6.45) is 0. The average molecular weight is 473 g/mol. The second-order valence-corrected chi connectivity index (χ2v) is 9.22. The number of nitrogens with one attached hydrogen (secondary N) is 1. The molecule has 0 saturated carbocycles. The first kappa shape index (κ1) is 19.7. The van der Waals surface area contributed by atoms with Gasteiger partial charge in [-0.15, -0.1) is 0 Å². The number of halogens is 1. The number of carbonyl (C=O) groups excluding carboxylic acids is 1. The zero-order valence-corrected chi connectivity index (χ0v) is 17.4. The zero-order chi connectivity index (χ0) is 18.8. The largest absolute Gasteiger partial charge is 0.376 e. The summed E-state index contributed by atoms with van der Waals surface area (Å²) < 4.78 is 26.9. The average Bonchev–Trinajstić information content (AvgIpc) is 2.54. The maximum atomic E-state index is 12.5. The maximum Gasteiger partial charge on any atom is 0.255 e. The van der Waals surface area contributed by atoms with Gasteiger partial charge in [-0.3, -0.25) is 4.79 Å². The van der Waals surface area contributed by atoms with Gasteiger partial charge in [0.2, 0.25) is 10.0 Å². The molecule has 6 nitrogen and oxygen atoms in total. The van der Waals surface area contributed by atoms with Crippen molar-refractivity contribution in [1.82, 2.24) is 4.31 Å². The van der Waals surface area contributed by atoms with Crippen LogP contribution in [0, 0.1) is 3.57 Å². The minimum atomic E-state index is -3.59. The Labute approximate surface area is 162 Å². The Morgan fingerprint density at radius 1 is 1.00 bits per heavy atom. The van der Waals surface area contributed by atoms with Crippen LogP contribution >= 0.6 is 22.6 Å². The lowest BCUT2D eigenvalue weighted by Crippen LogP contribution is -2.23. The Bertz CT molecular complexity index is 879. The van der Waals surface area contributed by atoms with Crippen molar-refractivity contribution in [3.05, 3.63) is 51.6 Å². The lowest BCUT2D eigenvalue weighted by Gasteiger charge is -2.20. The summed E-state index contributed by atoms with van der Waals surface area (Å²) in [6.45, 7) is 0. The number of sulfonamides is 1. The molecule has 1 amide bonds. The number of hydrogen-bond acceptors (Lipinski definition) is 4. The fourth-order valence-electron chi connectivity index (χ4n) is 2.17. The van der Waals surface area contributed by atoms with E-state index >= 15 is 0 Å². The number of benzene rings is 2. The second-order valence-electron chi connectivity index (χ2n) is 5.82. The summed E-state index contributed by atoms with van der Waals surface area (Å²) in [5.41, 5.74) is 1.67. The van der Waals surface area contributed by atoms with Gasteiger partial charge in [0.05, 0.1) is 16.3 Å². The van der Waals surface area contributed by atoms with E-state index in [2.05, 4.69) is 27.9 Å².